The maximum absolute atomic E-state index is 2.78. The third-order valence-corrected chi connectivity index (χ3v) is 35.8. The van der Waals surface area contributed by atoms with E-state index in [2.05, 4.69) is 350 Å². The van der Waals surface area contributed by atoms with Crippen LogP contribution in [0.3, 0.4) is 0 Å². The van der Waals surface area contributed by atoms with E-state index in [1.807, 2.05) is 0 Å². The number of hydrogen-bond acceptors (Lipinski definition) is 2. The van der Waals surface area contributed by atoms with E-state index >= 15 is 0 Å². The lowest BCUT2D eigenvalue weighted by molar-refractivity contribution is 0.443. The standard InChI is InChI=1S/C140H144N2/c1-10-30-97(31-11-1)106-50-66-114(67-51-106)123-84-124(115-68-52-107(53-69-115)98-32-12-2-13-33-98)89-131(88-123)141(132-90-125(116-70-54-108(55-71-116)99-34-14-3-15-35-99)85-126(91-132)117-72-56-109(57-73-117)100-36-16-4-17-37-100)139-135-48-28-29-49-136(135)140(138-96-122(82-83-137(138)139)105-46-26-9-27-47-105)142(133-92-127(118-74-58-110(59-75-118)101-38-18-5-19-39-101)86-128(93-133)119-76-60-111(61-77-119)102-40-20-6-21-41-102)134-94-129(120-78-62-112(63-79-120)103-42-22-7-23-43-103)87-130(95-134)121-80-64-113(65-81-121)104-44-24-8-25-45-104/h9,26-29,46-104H,1-8,10-25,30-45H2. The number of hydrogen-bond donors (Lipinski definition) is 0. The van der Waals surface area contributed by atoms with E-state index in [1.165, 1.54) is 423 Å². The predicted molar refractivity (Wildman–Crippen MR) is 606 cm³/mol. The summed E-state index contributed by atoms with van der Waals surface area (Å²) in [6.07, 6.45) is 51.8. The van der Waals surface area contributed by atoms with Gasteiger partial charge in [0.05, 0.1) is 11.4 Å². The van der Waals surface area contributed by atoms with Gasteiger partial charge >= 0.3 is 0 Å². The molecular weight excluding hydrogens is 1710 g/mol. The van der Waals surface area contributed by atoms with Crippen molar-refractivity contribution in [1.29, 1.82) is 0 Å². The van der Waals surface area contributed by atoms with E-state index in [1.54, 1.807) is 0 Å². The highest BCUT2D eigenvalue weighted by Crippen LogP contribution is 2.57. The fraction of sp³-hybridized carbons (Fsp3) is 0.343. The van der Waals surface area contributed by atoms with E-state index in [-0.39, 0.29) is 0 Å². The van der Waals surface area contributed by atoms with Crippen LogP contribution >= 0.6 is 0 Å². The van der Waals surface area contributed by atoms with Gasteiger partial charge in [0.15, 0.2) is 0 Å². The van der Waals surface area contributed by atoms with Gasteiger partial charge in [0.25, 0.3) is 0 Å². The number of anilines is 6. The first-order valence-corrected chi connectivity index (χ1v) is 56.4. The molecule has 0 heterocycles. The smallest absolute Gasteiger partial charge is 0.0620 e. The Labute approximate surface area is 848 Å². The van der Waals surface area contributed by atoms with Crippen LogP contribution in [0.1, 0.15) is 349 Å². The maximum atomic E-state index is 2.78. The number of benzene rings is 16. The largest absolute Gasteiger partial charge is 0.309 e. The Hall–Kier alpha value is -12.4. The lowest BCUT2D eigenvalue weighted by Gasteiger charge is -2.34. The molecule has 0 radical (unpaired) electrons. The molecule has 0 unspecified atom stereocenters. The second-order valence-electron chi connectivity index (χ2n) is 44.8. The van der Waals surface area contributed by atoms with Gasteiger partial charge in [-0.25, -0.2) is 0 Å². The van der Waals surface area contributed by atoms with Crippen LogP contribution in [0.15, 0.2) is 340 Å². The highest BCUT2D eigenvalue weighted by atomic mass is 15.2. The normalized spacial score (nSPS) is 17.8. The Kier molecular flexibility index (Phi) is 27.7. The number of nitrogens with zero attached hydrogens (tertiary/aromatic N) is 2. The van der Waals surface area contributed by atoms with Gasteiger partial charge < -0.3 is 9.80 Å². The Balaban J connectivity index is 0.798. The first kappa shape index (κ1) is 92.1. The minimum Gasteiger partial charge on any atom is -0.309 e. The highest BCUT2D eigenvalue weighted by molar-refractivity contribution is 6.24. The lowest BCUT2D eigenvalue weighted by Crippen LogP contribution is -2.15. The van der Waals surface area contributed by atoms with Crippen LogP contribution in [0.2, 0.25) is 0 Å². The molecule has 16 aromatic rings. The summed E-state index contributed by atoms with van der Waals surface area (Å²) in [6.45, 7) is 0. The monoisotopic (exact) mass is 1850 g/mol. The third kappa shape index (κ3) is 20.0. The molecule has 8 saturated carbocycles. The van der Waals surface area contributed by atoms with Crippen LogP contribution in [0.5, 0.6) is 0 Å². The first-order chi connectivity index (χ1) is 70.3. The second kappa shape index (κ2) is 42.7. The zero-order valence-electron chi connectivity index (χ0n) is 84.1. The maximum Gasteiger partial charge on any atom is 0.0620 e. The molecule has 2 nitrogen and oxygen atoms in total. The fourth-order valence-electron chi connectivity index (χ4n) is 27.6. The zero-order chi connectivity index (χ0) is 94.4. The summed E-state index contributed by atoms with van der Waals surface area (Å²) in [5.41, 5.74) is 40.6. The molecule has 0 amide bonds. The van der Waals surface area contributed by atoms with Gasteiger partial charge in [-0.15, -0.1) is 0 Å². The average molecular weight is 1850 g/mol. The van der Waals surface area contributed by atoms with Crippen molar-refractivity contribution in [2.45, 2.75) is 304 Å². The molecule has 8 aliphatic carbocycles. The van der Waals surface area contributed by atoms with Crippen LogP contribution in [0.4, 0.5) is 34.1 Å². The molecule has 0 aliphatic heterocycles. The van der Waals surface area contributed by atoms with Crippen molar-refractivity contribution < 1.29 is 0 Å². The molecule has 0 N–H and O–H groups in total. The third-order valence-electron chi connectivity index (χ3n) is 35.8. The topological polar surface area (TPSA) is 6.48 Å². The summed E-state index contributed by atoms with van der Waals surface area (Å²) in [5.74, 6) is 4.72. The van der Waals surface area contributed by atoms with E-state index in [4.69, 9.17) is 0 Å². The molecule has 714 valence electrons. The molecule has 0 saturated heterocycles. The van der Waals surface area contributed by atoms with Gasteiger partial charge in [-0.05, 0) is 374 Å². The molecule has 16 aromatic carbocycles. The lowest BCUT2D eigenvalue weighted by atomic mass is 9.83. The minimum atomic E-state index is 0.590. The summed E-state index contributed by atoms with van der Waals surface area (Å²) in [6, 6.07) is 139. The highest BCUT2D eigenvalue weighted by Gasteiger charge is 2.33. The SMILES string of the molecule is c1ccc(-c2ccc3c(N(c4cc(-c5ccc(C6CCCCC6)cc5)cc(-c5ccc(C6CCCCC6)cc5)c4)c4cc(-c5ccc(C6CCCCC6)cc5)cc(-c5ccc(C6CCCCC6)cc5)c4)c4ccccc4c(N(c4cc(-c5ccc(C6CCCCC6)cc5)cc(-c5ccc(C6CCCCC6)cc5)c4)c4cc(-c5ccc(C6CCCCC6)cc5)cc(-c5ccc(C6CCCCC6)cc5)c4)c3c2)cc1. The van der Waals surface area contributed by atoms with Crippen molar-refractivity contribution in [1.82, 2.24) is 0 Å². The summed E-state index contributed by atoms with van der Waals surface area (Å²) < 4.78 is 0. The summed E-state index contributed by atoms with van der Waals surface area (Å²) in [5, 5.41) is 4.68. The van der Waals surface area contributed by atoms with Crippen LogP contribution in [-0.2, 0) is 0 Å². The van der Waals surface area contributed by atoms with E-state index in [9.17, 15) is 0 Å². The van der Waals surface area contributed by atoms with Crippen LogP contribution < -0.4 is 9.80 Å². The Bertz CT molecular complexity index is 6330. The number of rotatable bonds is 23. The van der Waals surface area contributed by atoms with Gasteiger partial charge in [0.2, 0.25) is 0 Å². The van der Waals surface area contributed by atoms with Crippen molar-refractivity contribution in [3.8, 4) is 100 Å². The Morgan fingerprint density at radius 2 is 0.282 bits per heavy atom. The van der Waals surface area contributed by atoms with Gasteiger partial charge in [-0.3, -0.25) is 0 Å². The quantitative estimate of drug-likeness (QED) is 0.0465. The second-order valence-corrected chi connectivity index (χ2v) is 44.8. The Morgan fingerprint density at radius 1 is 0.120 bits per heavy atom. The molecule has 0 aromatic heterocycles. The number of fused-ring (bicyclic) bond motifs is 2. The summed E-state index contributed by atoms with van der Waals surface area (Å²) >= 11 is 0. The molecule has 0 bridgehead atoms. The van der Waals surface area contributed by atoms with Crippen molar-refractivity contribution in [3.63, 3.8) is 0 Å². The van der Waals surface area contributed by atoms with Crippen molar-refractivity contribution in [3.05, 3.63) is 384 Å². The van der Waals surface area contributed by atoms with Crippen LogP contribution in [-0.4, -0.2) is 0 Å². The fourth-order valence-corrected chi connectivity index (χ4v) is 27.6. The van der Waals surface area contributed by atoms with Gasteiger partial charge in [-0.2, -0.15) is 0 Å². The van der Waals surface area contributed by atoms with Crippen LogP contribution in [0.25, 0.3) is 122 Å². The van der Waals surface area contributed by atoms with Gasteiger partial charge in [-0.1, -0.05) is 415 Å². The van der Waals surface area contributed by atoms with Crippen molar-refractivity contribution in [2.24, 2.45) is 0 Å². The van der Waals surface area contributed by atoms with Gasteiger partial charge in [0.1, 0.15) is 0 Å². The summed E-state index contributed by atoms with van der Waals surface area (Å²) in [7, 11) is 0. The minimum absolute atomic E-state index is 0.590. The van der Waals surface area contributed by atoms with E-state index in [0.717, 1.165) is 34.1 Å². The first-order valence-electron chi connectivity index (χ1n) is 56.4. The summed E-state index contributed by atoms with van der Waals surface area (Å²) in [4.78, 5) is 5.56. The molecule has 8 fully saturated rings. The molecule has 2 heteroatoms. The van der Waals surface area contributed by atoms with Crippen molar-refractivity contribution >= 4 is 55.7 Å². The Morgan fingerprint density at radius 3 is 0.479 bits per heavy atom. The van der Waals surface area contributed by atoms with Crippen LogP contribution in [0, 0.1) is 0 Å². The molecule has 0 spiro atoms. The predicted octanol–water partition coefficient (Wildman–Crippen LogP) is 42.3. The molecule has 142 heavy (non-hydrogen) atoms. The molecular formula is C140H144N2. The molecule has 24 rings (SSSR count). The van der Waals surface area contributed by atoms with E-state index in [0.29, 0.717) is 47.3 Å². The zero-order valence-corrected chi connectivity index (χ0v) is 84.1. The average Bonchev–Trinajstić information content (AvgIpc) is 0.711. The van der Waals surface area contributed by atoms with Crippen molar-refractivity contribution in [2.75, 3.05) is 9.80 Å². The van der Waals surface area contributed by atoms with Gasteiger partial charge in [0, 0.05) is 44.3 Å². The molecule has 8 aliphatic rings. The molecule has 0 atom stereocenters. The van der Waals surface area contributed by atoms with E-state index < -0.39 is 0 Å².